The van der Waals surface area contributed by atoms with Crippen molar-refractivity contribution in [2.75, 3.05) is 4.90 Å². The first kappa shape index (κ1) is 17.7. The highest BCUT2D eigenvalue weighted by Gasteiger charge is 2.43. The highest BCUT2D eigenvalue weighted by molar-refractivity contribution is 9.10. The molecule has 0 aliphatic carbocycles. The average molecular weight is 448 g/mol. The van der Waals surface area contributed by atoms with E-state index in [1.165, 1.54) is 4.90 Å². The number of hydrogen-bond acceptors (Lipinski definition) is 4. The van der Waals surface area contributed by atoms with Crippen molar-refractivity contribution < 1.29 is 14.3 Å². The van der Waals surface area contributed by atoms with Crippen molar-refractivity contribution >= 4 is 38.5 Å². The summed E-state index contributed by atoms with van der Waals surface area (Å²) < 4.78 is 6.70. The third kappa shape index (κ3) is 2.76. The SMILES string of the molecule is O=C1c2oc3ccccc3c(=O)c2C(c2cccc(O)c2)N1c1cccc(Br)c1. The molecule has 5 rings (SSSR count). The van der Waals surface area contributed by atoms with Crippen LogP contribution in [0.4, 0.5) is 5.69 Å². The molecule has 6 heteroatoms. The van der Waals surface area contributed by atoms with E-state index in [1.807, 2.05) is 18.2 Å². The Morgan fingerprint density at radius 1 is 0.931 bits per heavy atom. The summed E-state index contributed by atoms with van der Waals surface area (Å²) in [7, 11) is 0. The molecule has 5 nitrogen and oxygen atoms in total. The van der Waals surface area contributed by atoms with Crippen LogP contribution in [0.3, 0.4) is 0 Å². The van der Waals surface area contributed by atoms with Gasteiger partial charge in [0.2, 0.25) is 5.76 Å². The van der Waals surface area contributed by atoms with Crippen LogP contribution in [0.1, 0.15) is 27.7 Å². The van der Waals surface area contributed by atoms with Gasteiger partial charge in [0.1, 0.15) is 11.3 Å². The van der Waals surface area contributed by atoms with Gasteiger partial charge < -0.3 is 9.52 Å². The largest absolute Gasteiger partial charge is 0.508 e. The molecular weight excluding hydrogens is 434 g/mol. The highest BCUT2D eigenvalue weighted by Crippen LogP contribution is 2.42. The normalized spacial score (nSPS) is 15.7. The third-order valence-corrected chi connectivity index (χ3v) is 5.54. The Morgan fingerprint density at radius 3 is 2.52 bits per heavy atom. The second-order valence-corrected chi connectivity index (χ2v) is 7.74. The third-order valence-electron chi connectivity index (χ3n) is 5.05. The van der Waals surface area contributed by atoms with Gasteiger partial charge in [-0.25, -0.2) is 0 Å². The summed E-state index contributed by atoms with van der Waals surface area (Å²) >= 11 is 3.44. The monoisotopic (exact) mass is 447 g/mol. The first-order valence-electron chi connectivity index (χ1n) is 8.98. The summed E-state index contributed by atoms with van der Waals surface area (Å²) in [6.07, 6.45) is 0. The molecule has 0 saturated heterocycles. The standard InChI is InChI=1S/C23H14BrNO4/c24-14-6-4-7-15(12-14)25-20(13-5-3-8-16(26)11-13)19-21(27)17-9-1-2-10-18(17)29-22(19)23(25)28/h1-12,20,26H. The maximum Gasteiger partial charge on any atom is 0.295 e. The summed E-state index contributed by atoms with van der Waals surface area (Å²) in [6, 6.07) is 20.1. The Balaban J connectivity index is 1.84. The molecule has 4 aromatic rings. The first-order chi connectivity index (χ1) is 14.0. The topological polar surface area (TPSA) is 70.8 Å². The van der Waals surface area contributed by atoms with Crippen LogP contribution in [0.25, 0.3) is 11.0 Å². The minimum Gasteiger partial charge on any atom is -0.508 e. The van der Waals surface area contributed by atoms with Crippen LogP contribution in [-0.4, -0.2) is 11.0 Å². The number of carbonyl (C=O) groups excluding carboxylic acids is 1. The van der Waals surface area contributed by atoms with Gasteiger partial charge in [0.25, 0.3) is 5.91 Å². The predicted octanol–water partition coefficient (Wildman–Crippen LogP) is 5.01. The number of phenols is 1. The van der Waals surface area contributed by atoms with Crippen molar-refractivity contribution in [3.63, 3.8) is 0 Å². The lowest BCUT2D eigenvalue weighted by atomic mass is 9.98. The molecule has 0 spiro atoms. The maximum atomic E-state index is 13.4. The summed E-state index contributed by atoms with van der Waals surface area (Å²) in [4.78, 5) is 28.3. The van der Waals surface area contributed by atoms with E-state index in [2.05, 4.69) is 15.9 Å². The Hall–Kier alpha value is -3.38. The summed E-state index contributed by atoms with van der Waals surface area (Å²) in [5.41, 5.74) is 1.64. The summed E-state index contributed by atoms with van der Waals surface area (Å²) in [6.45, 7) is 0. The number of rotatable bonds is 2. The zero-order chi connectivity index (χ0) is 20.1. The molecule has 1 unspecified atom stereocenters. The molecule has 2 heterocycles. The Kier molecular flexibility index (Phi) is 4.03. The molecule has 29 heavy (non-hydrogen) atoms. The zero-order valence-electron chi connectivity index (χ0n) is 15.0. The number of anilines is 1. The molecule has 1 aliphatic rings. The fourth-order valence-electron chi connectivity index (χ4n) is 3.82. The van der Waals surface area contributed by atoms with E-state index in [-0.39, 0.29) is 22.5 Å². The van der Waals surface area contributed by atoms with Gasteiger partial charge in [-0.2, -0.15) is 0 Å². The number of halogens is 1. The van der Waals surface area contributed by atoms with Crippen LogP contribution in [0.15, 0.2) is 86.5 Å². The molecule has 0 saturated carbocycles. The van der Waals surface area contributed by atoms with Gasteiger partial charge in [-0.05, 0) is 48.0 Å². The molecular formula is C23H14BrNO4. The lowest BCUT2D eigenvalue weighted by Gasteiger charge is -2.25. The summed E-state index contributed by atoms with van der Waals surface area (Å²) in [5.74, 6) is -0.306. The summed E-state index contributed by atoms with van der Waals surface area (Å²) in [5, 5.41) is 10.4. The number of phenolic OH excluding ortho intramolecular Hbond substituents is 1. The van der Waals surface area contributed by atoms with E-state index in [1.54, 1.807) is 54.6 Å². The van der Waals surface area contributed by atoms with Crippen molar-refractivity contribution in [1.82, 2.24) is 0 Å². The highest BCUT2D eigenvalue weighted by atomic mass is 79.9. The molecule has 1 aromatic heterocycles. The molecule has 1 atom stereocenters. The fourth-order valence-corrected chi connectivity index (χ4v) is 4.21. The van der Waals surface area contributed by atoms with Gasteiger partial charge in [0.15, 0.2) is 5.43 Å². The number of aromatic hydroxyl groups is 1. The number of amides is 1. The van der Waals surface area contributed by atoms with Crippen LogP contribution in [-0.2, 0) is 0 Å². The number of hydrogen-bond donors (Lipinski definition) is 1. The lowest BCUT2D eigenvalue weighted by Crippen LogP contribution is -2.29. The molecule has 0 fully saturated rings. The van der Waals surface area contributed by atoms with E-state index >= 15 is 0 Å². The van der Waals surface area contributed by atoms with E-state index in [4.69, 9.17) is 4.42 Å². The number of nitrogens with zero attached hydrogens (tertiary/aromatic N) is 1. The van der Waals surface area contributed by atoms with Crippen molar-refractivity contribution in [3.05, 3.63) is 104 Å². The molecule has 142 valence electrons. The van der Waals surface area contributed by atoms with Gasteiger partial charge >= 0.3 is 0 Å². The maximum absolute atomic E-state index is 13.4. The molecule has 1 N–H and O–H groups in total. The van der Waals surface area contributed by atoms with Crippen molar-refractivity contribution in [1.29, 1.82) is 0 Å². The smallest absolute Gasteiger partial charge is 0.295 e. The van der Waals surface area contributed by atoms with Gasteiger partial charge in [-0.3, -0.25) is 14.5 Å². The van der Waals surface area contributed by atoms with Crippen LogP contribution in [0, 0.1) is 0 Å². The average Bonchev–Trinajstić information content (AvgIpc) is 3.01. The quantitative estimate of drug-likeness (QED) is 0.468. The molecule has 1 amide bonds. The predicted molar refractivity (Wildman–Crippen MR) is 113 cm³/mol. The van der Waals surface area contributed by atoms with Gasteiger partial charge in [0.05, 0.1) is 17.0 Å². The zero-order valence-corrected chi connectivity index (χ0v) is 16.6. The van der Waals surface area contributed by atoms with Gasteiger partial charge in [0, 0.05) is 10.2 Å². The number of fused-ring (bicyclic) bond motifs is 2. The van der Waals surface area contributed by atoms with Gasteiger partial charge in [-0.1, -0.05) is 46.3 Å². The van der Waals surface area contributed by atoms with E-state index in [0.717, 1.165) is 4.47 Å². The second-order valence-electron chi connectivity index (χ2n) is 6.82. The second kappa shape index (κ2) is 6.60. The van der Waals surface area contributed by atoms with Crippen molar-refractivity contribution in [3.8, 4) is 5.75 Å². The van der Waals surface area contributed by atoms with E-state index < -0.39 is 11.9 Å². The van der Waals surface area contributed by atoms with E-state index in [0.29, 0.717) is 22.2 Å². The molecule has 1 aliphatic heterocycles. The lowest BCUT2D eigenvalue weighted by molar-refractivity contribution is 0.0971. The molecule has 0 bridgehead atoms. The Labute approximate surface area is 174 Å². The minimum atomic E-state index is -0.709. The van der Waals surface area contributed by atoms with Crippen LogP contribution >= 0.6 is 15.9 Å². The van der Waals surface area contributed by atoms with Crippen LogP contribution in [0.5, 0.6) is 5.75 Å². The number of benzene rings is 3. The van der Waals surface area contributed by atoms with E-state index in [9.17, 15) is 14.7 Å². The minimum absolute atomic E-state index is 0.0296. The molecule has 3 aromatic carbocycles. The molecule has 0 radical (unpaired) electrons. The van der Waals surface area contributed by atoms with Gasteiger partial charge in [-0.15, -0.1) is 0 Å². The Morgan fingerprint density at radius 2 is 1.72 bits per heavy atom. The fraction of sp³-hybridized carbons (Fsp3) is 0.0435. The van der Waals surface area contributed by atoms with Crippen molar-refractivity contribution in [2.24, 2.45) is 0 Å². The van der Waals surface area contributed by atoms with Crippen LogP contribution < -0.4 is 10.3 Å². The number of carbonyl (C=O) groups is 1. The van der Waals surface area contributed by atoms with Crippen molar-refractivity contribution in [2.45, 2.75) is 6.04 Å². The number of para-hydroxylation sites is 1. The van der Waals surface area contributed by atoms with Crippen LogP contribution in [0.2, 0.25) is 0 Å². The Bertz CT molecular complexity index is 1340. The first-order valence-corrected chi connectivity index (χ1v) is 9.77.